The summed E-state index contributed by atoms with van der Waals surface area (Å²) in [5.41, 5.74) is 0.487. The quantitative estimate of drug-likeness (QED) is 0.556. The zero-order chi connectivity index (χ0) is 19.4. The second kappa shape index (κ2) is 8.12. The molecule has 0 atom stereocenters. The smallest absolute Gasteiger partial charge is 0.410 e. The van der Waals surface area contributed by atoms with E-state index in [1.54, 1.807) is 20.8 Å². The van der Waals surface area contributed by atoms with Gasteiger partial charge in [0.15, 0.2) is 5.78 Å². The largest absolute Gasteiger partial charge is 0.469 e. The van der Waals surface area contributed by atoms with Crippen LogP contribution in [-0.2, 0) is 24.8 Å². The predicted octanol–water partition coefficient (Wildman–Crippen LogP) is 3.29. The van der Waals surface area contributed by atoms with Crippen LogP contribution in [0.15, 0.2) is 30.3 Å². The summed E-state index contributed by atoms with van der Waals surface area (Å²) in [6, 6.07) is 9.77. The average molecular weight is 381 g/mol. The van der Waals surface area contributed by atoms with E-state index in [9.17, 15) is 14.4 Å². The number of rotatable bonds is 6. The molecule has 1 aliphatic rings. The summed E-state index contributed by atoms with van der Waals surface area (Å²) in [5, 5.41) is 0. The maximum Gasteiger partial charge on any atom is 0.410 e. The number of ether oxygens (including phenoxy) is 2. The molecule has 2 rings (SSSR count). The highest BCUT2D eigenvalue weighted by Crippen LogP contribution is 2.39. The molecule has 0 bridgehead atoms. The van der Waals surface area contributed by atoms with Gasteiger partial charge in [0, 0.05) is 20.3 Å². The van der Waals surface area contributed by atoms with Crippen molar-refractivity contribution in [3.63, 3.8) is 0 Å². The lowest BCUT2D eigenvalue weighted by Crippen LogP contribution is -2.66. The van der Waals surface area contributed by atoms with E-state index in [0.717, 1.165) is 5.56 Å². The van der Waals surface area contributed by atoms with E-state index >= 15 is 0 Å². The van der Waals surface area contributed by atoms with Gasteiger partial charge in [-0.15, -0.1) is 11.8 Å². The molecule has 0 unspecified atom stereocenters. The van der Waals surface area contributed by atoms with Gasteiger partial charge in [-0.1, -0.05) is 30.3 Å². The Morgan fingerprint density at radius 2 is 1.81 bits per heavy atom. The molecule has 1 aromatic rings. The van der Waals surface area contributed by atoms with Crippen LogP contribution < -0.4 is 0 Å². The lowest BCUT2D eigenvalue weighted by Gasteiger charge is -2.48. The van der Waals surface area contributed by atoms with E-state index in [-0.39, 0.29) is 26.7 Å². The third-order valence-electron chi connectivity index (χ3n) is 3.94. The molecule has 0 aromatic heterocycles. The third kappa shape index (κ3) is 5.24. The number of hydrogen-bond acceptors (Lipinski definition) is 6. The topological polar surface area (TPSA) is 72.9 Å². The van der Waals surface area contributed by atoms with Gasteiger partial charge in [0.1, 0.15) is 16.8 Å². The zero-order valence-corrected chi connectivity index (χ0v) is 16.4. The summed E-state index contributed by atoms with van der Waals surface area (Å²) in [6.07, 6.45) is -0.736. The number of benzene rings is 1. The van der Waals surface area contributed by atoms with Crippen LogP contribution in [0.5, 0.6) is 0 Å². The van der Waals surface area contributed by atoms with Gasteiger partial charge in [-0.2, -0.15) is 0 Å². The van der Waals surface area contributed by atoms with Crippen LogP contribution in [0.2, 0.25) is 0 Å². The molecule has 144 valence electrons. The molecule has 7 heteroatoms. The van der Waals surface area contributed by atoms with Crippen molar-refractivity contribution >= 4 is 29.6 Å². The Morgan fingerprint density at radius 1 is 1.19 bits per heavy atom. The van der Waals surface area contributed by atoms with Crippen molar-refractivity contribution in [3.05, 3.63) is 35.9 Å². The van der Waals surface area contributed by atoms with Crippen molar-refractivity contribution in [2.24, 2.45) is 0 Å². The summed E-state index contributed by atoms with van der Waals surface area (Å²) in [7, 11) is 1.26. The van der Waals surface area contributed by atoms with Gasteiger partial charge in [-0.05, 0) is 26.3 Å². The van der Waals surface area contributed by atoms with Crippen molar-refractivity contribution in [2.45, 2.75) is 43.3 Å². The maximum absolute atomic E-state index is 12.7. The fourth-order valence-corrected chi connectivity index (χ4v) is 3.90. The van der Waals surface area contributed by atoms with Crippen LogP contribution >= 0.6 is 11.8 Å². The predicted molar refractivity (Wildman–Crippen MR) is 102 cm³/mol. The molecule has 0 saturated carbocycles. The lowest BCUT2D eigenvalue weighted by atomic mass is 9.92. The number of esters is 1. The number of likely N-dealkylation sites (tertiary alicyclic amines) is 1. The van der Waals surface area contributed by atoms with Gasteiger partial charge in [0.25, 0.3) is 0 Å². The fraction of sp³-hybridized carbons (Fsp3) is 0.526. The first-order chi connectivity index (χ1) is 12.1. The van der Waals surface area contributed by atoms with E-state index in [2.05, 4.69) is 4.74 Å². The van der Waals surface area contributed by atoms with Crippen LogP contribution in [0.25, 0.3) is 0 Å². The fourth-order valence-electron chi connectivity index (χ4n) is 2.53. The van der Waals surface area contributed by atoms with E-state index in [1.807, 2.05) is 30.3 Å². The summed E-state index contributed by atoms with van der Waals surface area (Å²) < 4.78 is 9.16. The first-order valence-electron chi connectivity index (χ1n) is 8.41. The minimum Gasteiger partial charge on any atom is -0.469 e. The molecule has 1 fully saturated rings. The molecule has 1 aromatic carbocycles. The highest BCUT2D eigenvalue weighted by atomic mass is 32.2. The number of methoxy groups -OCH3 is 1. The number of ketones is 1. The Hall–Kier alpha value is -2.02. The molecule has 1 amide bonds. The molecule has 1 heterocycles. The van der Waals surface area contributed by atoms with Crippen molar-refractivity contribution in [1.82, 2.24) is 4.90 Å². The molecule has 0 radical (unpaired) electrons. The summed E-state index contributed by atoms with van der Waals surface area (Å²) in [4.78, 5) is 37.9. The van der Waals surface area contributed by atoms with Crippen LogP contribution in [0, 0.1) is 0 Å². The first-order valence-corrected chi connectivity index (χ1v) is 9.40. The van der Waals surface area contributed by atoms with Gasteiger partial charge < -0.3 is 14.4 Å². The zero-order valence-electron chi connectivity index (χ0n) is 15.6. The minimum absolute atomic E-state index is 0. The number of nitrogens with zero attached hydrogens (tertiary/aromatic N) is 1. The number of hydrogen-bond donors (Lipinski definition) is 0. The highest BCUT2D eigenvalue weighted by Gasteiger charge is 2.52. The molecule has 1 saturated heterocycles. The molecule has 0 aliphatic carbocycles. The Balaban J connectivity index is 0.00000364. The van der Waals surface area contributed by atoms with Gasteiger partial charge in [0.2, 0.25) is 0 Å². The van der Waals surface area contributed by atoms with Gasteiger partial charge >= 0.3 is 12.1 Å². The molecule has 1 aliphatic heterocycles. The van der Waals surface area contributed by atoms with Gasteiger partial charge in [0.05, 0.1) is 7.11 Å². The van der Waals surface area contributed by atoms with Crippen LogP contribution in [0.4, 0.5) is 4.79 Å². The summed E-state index contributed by atoms with van der Waals surface area (Å²) in [5.74, 6) is -0.161. The van der Waals surface area contributed by atoms with Crippen LogP contribution in [0.1, 0.15) is 34.2 Å². The number of carbonyl (C=O) groups excluding carboxylic acids is 3. The minimum atomic E-state index is -0.805. The highest BCUT2D eigenvalue weighted by molar-refractivity contribution is 8.00. The second-order valence-electron chi connectivity index (χ2n) is 7.28. The van der Waals surface area contributed by atoms with Crippen molar-refractivity contribution in [1.29, 1.82) is 0 Å². The van der Waals surface area contributed by atoms with E-state index < -0.39 is 22.4 Å². The monoisotopic (exact) mass is 381 g/mol. The van der Waals surface area contributed by atoms with E-state index in [1.165, 1.54) is 23.8 Å². The summed E-state index contributed by atoms with van der Waals surface area (Å²) >= 11 is 1.46. The SMILES string of the molecule is COC(=O)CC(=O)C1(SCc2ccccc2)CN(C(=O)OC(C)(C)C)C1.[HH]. The number of thioether (sulfide) groups is 1. The third-order valence-corrected chi connectivity index (χ3v) is 5.46. The number of carbonyl (C=O) groups is 3. The van der Waals surface area contributed by atoms with E-state index in [0.29, 0.717) is 5.75 Å². The molecule has 26 heavy (non-hydrogen) atoms. The Labute approximate surface area is 159 Å². The number of Topliss-reactive ketones (excluding diaryl/α,β-unsaturated/α-hetero) is 1. The molecular formula is C19H27NO5S. The molecular weight excluding hydrogens is 354 g/mol. The van der Waals surface area contributed by atoms with Crippen LogP contribution in [0.3, 0.4) is 0 Å². The van der Waals surface area contributed by atoms with Gasteiger partial charge in [-0.3, -0.25) is 9.59 Å². The van der Waals surface area contributed by atoms with Crippen molar-refractivity contribution < 1.29 is 25.3 Å². The maximum atomic E-state index is 12.7. The Bertz CT molecular complexity index is 668. The van der Waals surface area contributed by atoms with Gasteiger partial charge in [-0.25, -0.2) is 4.79 Å². The van der Waals surface area contributed by atoms with Crippen molar-refractivity contribution in [3.8, 4) is 0 Å². The lowest BCUT2D eigenvalue weighted by molar-refractivity contribution is -0.144. The molecule has 6 nitrogen and oxygen atoms in total. The van der Waals surface area contributed by atoms with Crippen LogP contribution in [-0.4, -0.2) is 53.3 Å². The molecule has 0 N–H and O–H groups in total. The number of amides is 1. The van der Waals surface area contributed by atoms with Crippen molar-refractivity contribution in [2.75, 3.05) is 20.2 Å². The molecule has 0 spiro atoms. The Kier molecular flexibility index (Phi) is 6.34. The standard InChI is InChI=1S/C19H25NO5S.H2/c1-18(2,3)25-17(23)20-12-19(13-20,15(21)10-16(22)24-4)26-11-14-8-6-5-7-9-14;/h5-9H,10-13H2,1-4H3;1H. The first kappa shape index (κ1) is 20.3. The average Bonchev–Trinajstić information content (AvgIpc) is 2.52. The Morgan fingerprint density at radius 3 is 2.35 bits per heavy atom. The normalized spacial score (nSPS) is 15.8. The van der Waals surface area contributed by atoms with E-state index in [4.69, 9.17) is 4.74 Å². The second-order valence-corrected chi connectivity index (χ2v) is 8.64. The summed E-state index contributed by atoms with van der Waals surface area (Å²) in [6.45, 7) is 5.85.